The molecular formula is C10H15FN4O3S. The zero-order valence-electron chi connectivity index (χ0n) is 10.3. The lowest BCUT2D eigenvalue weighted by Crippen LogP contribution is -2.28. The summed E-state index contributed by atoms with van der Waals surface area (Å²) < 4.78 is 35.1. The number of carbonyl (C=O) groups excluding carboxylic acids is 1. The third kappa shape index (κ3) is 4.79. The number of anilines is 1. The zero-order chi connectivity index (χ0) is 14.5. The lowest BCUT2D eigenvalue weighted by molar-refractivity contribution is 0.0949. The number of primary sulfonamides is 1. The fourth-order valence-corrected chi connectivity index (χ4v) is 1.91. The lowest BCUT2D eigenvalue weighted by Gasteiger charge is -2.07. The summed E-state index contributed by atoms with van der Waals surface area (Å²) in [6.07, 6.45) is 1.46. The van der Waals surface area contributed by atoms with Gasteiger partial charge in [-0.3, -0.25) is 4.79 Å². The van der Waals surface area contributed by atoms with Crippen molar-refractivity contribution in [3.8, 4) is 0 Å². The molecule has 1 heterocycles. The molecule has 4 N–H and O–H groups in total. The Kier molecular flexibility index (Phi) is 5.19. The Morgan fingerprint density at radius 2 is 2.21 bits per heavy atom. The third-order valence-electron chi connectivity index (χ3n) is 2.26. The molecule has 9 heteroatoms. The van der Waals surface area contributed by atoms with E-state index in [2.05, 4.69) is 15.6 Å². The van der Waals surface area contributed by atoms with Crippen LogP contribution >= 0.6 is 0 Å². The fraction of sp³-hybridized carbons (Fsp3) is 0.400. The standard InChI is InChI=1S/C10H15FN4O3S/c1-13-9-8(11)7(3-5-14-9)10(16)15-4-2-6-19(12,17)18/h3,5H,2,4,6H2,1H3,(H,13,14)(H,15,16)(H2,12,17,18). The van der Waals surface area contributed by atoms with Gasteiger partial charge in [-0.2, -0.15) is 0 Å². The Labute approximate surface area is 110 Å². The van der Waals surface area contributed by atoms with Crippen LogP contribution in [0.3, 0.4) is 0 Å². The minimum absolute atomic E-state index is 0.0304. The van der Waals surface area contributed by atoms with Gasteiger partial charge in [0.2, 0.25) is 10.0 Å². The van der Waals surface area contributed by atoms with Crippen LogP contribution in [-0.2, 0) is 10.0 Å². The Hall–Kier alpha value is -1.74. The van der Waals surface area contributed by atoms with Crippen molar-refractivity contribution < 1.29 is 17.6 Å². The van der Waals surface area contributed by atoms with Crippen LogP contribution in [0, 0.1) is 5.82 Å². The normalized spacial score (nSPS) is 11.1. The maximum Gasteiger partial charge on any atom is 0.254 e. The van der Waals surface area contributed by atoms with Crippen molar-refractivity contribution in [3.05, 3.63) is 23.6 Å². The van der Waals surface area contributed by atoms with E-state index < -0.39 is 21.7 Å². The van der Waals surface area contributed by atoms with Gasteiger partial charge in [0.05, 0.1) is 11.3 Å². The molecule has 19 heavy (non-hydrogen) atoms. The van der Waals surface area contributed by atoms with E-state index in [9.17, 15) is 17.6 Å². The summed E-state index contributed by atoms with van der Waals surface area (Å²) >= 11 is 0. The largest absolute Gasteiger partial charge is 0.371 e. The number of nitrogens with one attached hydrogen (secondary N) is 2. The van der Waals surface area contributed by atoms with Gasteiger partial charge < -0.3 is 10.6 Å². The molecule has 0 bridgehead atoms. The van der Waals surface area contributed by atoms with Crippen molar-refractivity contribution in [3.63, 3.8) is 0 Å². The molecule has 106 valence electrons. The first-order valence-electron chi connectivity index (χ1n) is 5.46. The van der Waals surface area contributed by atoms with Gasteiger partial charge >= 0.3 is 0 Å². The van der Waals surface area contributed by atoms with E-state index in [0.717, 1.165) is 0 Å². The molecule has 0 aliphatic heterocycles. The monoisotopic (exact) mass is 290 g/mol. The summed E-state index contributed by atoms with van der Waals surface area (Å²) in [6, 6.07) is 1.24. The number of amides is 1. The minimum atomic E-state index is -3.55. The summed E-state index contributed by atoms with van der Waals surface area (Å²) in [5, 5.41) is 9.73. The van der Waals surface area contributed by atoms with Crippen molar-refractivity contribution in [2.24, 2.45) is 5.14 Å². The molecule has 0 spiro atoms. The number of hydrogen-bond donors (Lipinski definition) is 3. The number of halogens is 1. The molecule has 0 unspecified atom stereocenters. The molecule has 0 saturated carbocycles. The van der Waals surface area contributed by atoms with Gasteiger partial charge in [0.15, 0.2) is 11.6 Å². The average molecular weight is 290 g/mol. The van der Waals surface area contributed by atoms with E-state index in [0.29, 0.717) is 0 Å². The van der Waals surface area contributed by atoms with Crippen LogP contribution in [-0.4, -0.2) is 38.7 Å². The highest BCUT2D eigenvalue weighted by Crippen LogP contribution is 2.13. The quantitative estimate of drug-likeness (QED) is 0.621. The maximum absolute atomic E-state index is 13.7. The highest BCUT2D eigenvalue weighted by molar-refractivity contribution is 7.89. The third-order valence-corrected chi connectivity index (χ3v) is 3.12. The summed E-state index contributed by atoms with van der Waals surface area (Å²) in [7, 11) is -2.07. The Morgan fingerprint density at radius 1 is 1.53 bits per heavy atom. The summed E-state index contributed by atoms with van der Waals surface area (Å²) in [5.41, 5.74) is -0.157. The molecule has 1 aromatic rings. The molecule has 0 saturated heterocycles. The zero-order valence-corrected chi connectivity index (χ0v) is 11.1. The molecule has 1 amide bonds. The van der Waals surface area contributed by atoms with Gasteiger partial charge in [-0.05, 0) is 12.5 Å². The van der Waals surface area contributed by atoms with Gasteiger partial charge in [0, 0.05) is 19.8 Å². The van der Waals surface area contributed by atoms with Crippen molar-refractivity contribution in [2.45, 2.75) is 6.42 Å². The van der Waals surface area contributed by atoms with Crippen molar-refractivity contribution >= 4 is 21.7 Å². The Morgan fingerprint density at radius 3 is 2.79 bits per heavy atom. The molecule has 0 aliphatic carbocycles. The van der Waals surface area contributed by atoms with E-state index in [-0.39, 0.29) is 30.1 Å². The second kappa shape index (κ2) is 6.43. The molecule has 0 aliphatic rings. The van der Waals surface area contributed by atoms with Crippen LogP contribution in [0.1, 0.15) is 16.8 Å². The lowest BCUT2D eigenvalue weighted by atomic mass is 10.2. The first kappa shape index (κ1) is 15.3. The van der Waals surface area contributed by atoms with E-state index >= 15 is 0 Å². The van der Waals surface area contributed by atoms with E-state index in [1.54, 1.807) is 0 Å². The molecule has 0 atom stereocenters. The Balaban J connectivity index is 2.59. The first-order chi connectivity index (χ1) is 8.85. The van der Waals surface area contributed by atoms with Crippen molar-refractivity contribution in [1.82, 2.24) is 10.3 Å². The Bertz CT molecular complexity index is 562. The molecule has 0 aromatic carbocycles. The number of nitrogens with two attached hydrogens (primary N) is 1. The predicted molar refractivity (Wildman–Crippen MR) is 68.7 cm³/mol. The summed E-state index contributed by atoms with van der Waals surface area (Å²) in [5.74, 6) is -1.66. The van der Waals surface area contributed by atoms with E-state index in [4.69, 9.17) is 5.14 Å². The van der Waals surface area contributed by atoms with Crippen LogP contribution in [0.5, 0.6) is 0 Å². The van der Waals surface area contributed by atoms with Crippen LogP contribution in [0.4, 0.5) is 10.2 Å². The molecular weight excluding hydrogens is 275 g/mol. The first-order valence-corrected chi connectivity index (χ1v) is 7.17. The van der Waals surface area contributed by atoms with Gasteiger partial charge in [0.25, 0.3) is 5.91 Å². The summed E-state index contributed by atoms with van der Waals surface area (Å²) in [4.78, 5) is 15.4. The molecule has 7 nitrogen and oxygen atoms in total. The highest BCUT2D eigenvalue weighted by atomic mass is 32.2. The van der Waals surface area contributed by atoms with Gasteiger partial charge in [-0.25, -0.2) is 22.9 Å². The smallest absolute Gasteiger partial charge is 0.254 e. The number of carbonyl (C=O) groups is 1. The van der Waals surface area contributed by atoms with Gasteiger partial charge in [0.1, 0.15) is 0 Å². The molecule has 1 aromatic heterocycles. The minimum Gasteiger partial charge on any atom is -0.371 e. The average Bonchev–Trinajstić information content (AvgIpc) is 2.33. The maximum atomic E-state index is 13.7. The molecule has 1 rings (SSSR count). The molecule has 0 radical (unpaired) electrons. The second-order valence-corrected chi connectivity index (χ2v) is 5.48. The number of sulfonamides is 1. The van der Waals surface area contributed by atoms with Gasteiger partial charge in [-0.1, -0.05) is 0 Å². The van der Waals surface area contributed by atoms with Crippen molar-refractivity contribution in [1.29, 1.82) is 0 Å². The van der Waals surface area contributed by atoms with Crippen LogP contribution < -0.4 is 15.8 Å². The fourth-order valence-electron chi connectivity index (χ4n) is 1.36. The highest BCUT2D eigenvalue weighted by Gasteiger charge is 2.15. The van der Waals surface area contributed by atoms with Crippen molar-refractivity contribution in [2.75, 3.05) is 24.7 Å². The molecule has 0 fully saturated rings. The number of aromatic nitrogens is 1. The predicted octanol–water partition coefficient (Wildman–Crippen LogP) is -0.329. The topological polar surface area (TPSA) is 114 Å². The number of rotatable bonds is 6. The van der Waals surface area contributed by atoms with E-state index in [1.165, 1.54) is 19.3 Å². The number of hydrogen-bond acceptors (Lipinski definition) is 5. The second-order valence-electron chi connectivity index (χ2n) is 3.75. The van der Waals surface area contributed by atoms with Crippen LogP contribution in [0.25, 0.3) is 0 Å². The number of pyridine rings is 1. The number of nitrogens with zero attached hydrogens (tertiary/aromatic N) is 1. The summed E-state index contributed by atoms with van der Waals surface area (Å²) in [6.45, 7) is 0.0892. The van der Waals surface area contributed by atoms with E-state index in [1.807, 2.05) is 0 Å². The van der Waals surface area contributed by atoms with Gasteiger partial charge in [-0.15, -0.1) is 0 Å². The van der Waals surface area contributed by atoms with Crippen LogP contribution in [0.15, 0.2) is 12.3 Å². The SMILES string of the molecule is CNc1nccc(C(=O)NCCCS(N)(=O)=O)c1F. The van der Waals surface area contributed by atoms with Crippen LogP contribution in [0.2, 0.25) is 0 Å².